The molecule has 0 atom stereocenters. The number of benzene rings is 1. The number of amidine groups is 1. The van der Waals surface area contributed by atoms with Crippen molar-refractivity contribution < 1.29 is 4.42 Å². The number of nitrogens with zero attached hydrogens (tertiary/aromatic N) is 2. The van der Waals surface area contributed by atoms with Crippen LogP contribution in [0.4, 0.5) is 0 Å². The third kappa shape index (κ3) is 2.01. The van der Waals surface area contributed by atoms with Gasteiger partial charge in [0.2, 0.25) is 0 Å². The zero-order valence-electron chi connectivity index (χ0n) is 12.3. The monoisotopic (exact) mass is 298 g/mol. The number of thioether (sulfide) groups is 1. The van der Waals surface area contributed by atoms with Crippen molar-refractivity contribution in [3.63, 3.8) is 0 Å². The van der Waals surface area contributed by atoms with Crippen LogP contribution in [0.25, 0.3) is 16.7 Å². The van der Waals surface area contributed by atoms with Crippen LogP contribution in [0.5, 0.6) is 0 Å². The summed E-state index contributed by atoms with van der Waals surface area (Å²) in [6, 6.07) is 6.53. The molecule has 0 fully saturated rings. The predicted octanol–water partition coefficient (Wildman–Crippen LogP) is 4.63. The molecular weight excluding hydrogens is 280 g/mol. The number of aliphatic imine (C=N–C) groups is 1. The second kappa shape index (κ2) is 4.95. The average Bonchev–Trinajstić information content (AvgIpc) is 3.14. The van der Waals surface area contributed by atoms with Gasteiger partial charge in [-0.1, -0.05) is 25.1 Å². The summed E-state index contributed by atoms with van der Waals surface area (Å²) in [5.74, 6) is 0. The summed E-state index contributed by atoms with van der Waals surface area (Å²) < 4.78 is 5.57. The first-order chi connectivity index (χ1) is 10.3. The van der Waals surface area contributed by atoms with Gasteiger partial charge in [-0.05, 0) is 42.7 Å². The highest BCUT2D eigenvalue weighted by Gasteiger charge is 2.32. The van der Waals surface area contributed by atoms with Crippen LogP contribution in [0.15, 0.2) is 38.8 Å². The van der Waals surface area contributed by atoms with Crippen LogP contribution < -0.4 is 0 Å². The van der Waals surface area contributed by atoms with Gasteiger partial charge in [0.05, 0.1) is 18.5 Å². The summed E-state index contributed by atoms with van der Waals surface area (Å²) in [4.78, 5) is 8.46. The van der Waals surface area contributed by atoms with Crippen molar-refractivity contribution in [1.82, 2.24) is 4.90 Å². The van der Waals surface area contributed by atoms with Crippen molar-refractivity contribution in [1.29, 1.82) is 0 Å². The fourth-order valence-corrected chi connectivity index (χ4v) is 4.35. The highest BCUT2D eigenvalue weighted by atomic mass is 32.2. The van der Waals surface area contributed by atoms with E-state index in [2.05, 4.69) is 41.9 Å². The van der Waals surface area contributed by atoms with Crippen molar-refractivity contribution in [2.24, 2.45) is 4.99 Å². The largest absolute Gasteiger partial charge is 0.464 e. The van der Waals surface area contributed by atoms with E-state index < -0.39 is 0 Å². The van der Waals surface area contributed by atoms with Crippen LogP contribution >= 0.6 is 11.8 Å². The van der Waals surface area contributed by atoms with Crippen LogP contribution in [0.1, 0.15) is 30.9 Å². The van der Waals surface area contributed by atoms with Gasteiger partial charge in [0.1, 0.15) is 5.58 Å². The molecule has 2 aromatic rings. The molecule has 0 spiro atoms. The van der Waals surface area contributed by atoms with E-state index in [9.17, 15) is 0 Å². The Kier molecular flexibility index (Phi) is 3.07. The highest BCUT2D eigenvalue weighted by Crippen LogP contribution is 2.44. The molecule has 0 amide bonds. The van der Waals surface area contributed by atoms with E-state index in [1.165, 1.54) is 38.7 Å². The van der Waals surface area contributed by atoms with Gasteiger partial charge >= 0.3 is 0 Å². The molecule has 4 rings (SSSR count). The number of aryl methyl sites for hydroxylation is 1. The fraction of sp³-hybridized carbons (Fsp3) is 0.353. The van der Waals surface area contributed by atoms with Gasteiger partial charge in [-0.25, -0.2) is 0 Å². The molecule has 0 saturated carbocycles. The minimum atomic E-state index is 0.915. The molecule has 2 aliphatic heterocycles. The van der Waals surface area contributed by atoms with Crippen molar-refractivity contribution in [3.05, 3.63) is 40.5 Å². The second-order valence-corrected chi connectivity index (χ2v) is 6.63. The smallest absolute Gasteiger partial charge is 0.168 e. The maximum absolute atomic E-state index is 5.57. The van der Waals surface area contributed by atoms with Crippen LogP contribution in [-0.4, -0.2) is 23.2 Å². The molecule has 0 bridgehead atoms. The van der Waals surface area contributed by atoms with Gasteiger partial charge in [-0.2, -0.15) is 0 Å². The zero-order chi connectivity index (χ0) is 14.4. The van der Waals surface area contributed by atoms with Gasteiger partial charge in [0.25, 0.3) is 0 Å². The summed E-state index contributed by atoms with van der Waals surface area (Å²) in [7, 11) is 0. The van der Waals surface area contributed by atoms with Crippen LogP contribution in [-0.2, 0) is 0 Å². The Balaban J connectivity index is 1.85. The van der Waals surface area contributed by atoms with Crippen molar-refractivity contribution >= 4 is 33.6 Å². The number of rotatable bonds is 3. The van der Waals surface area contributed by atoms with Gasteiger partial charge in [-0.15, -0.1) is 0 Å². The van der Waals surface area contributed by atoms with E-state index in [4.69, 9.17) is 4.42 Å². The third-order valence-corrected chi connectivity index (χ3v) is 5.24. The maximum atomic E-state index is 5.57. The lowest BCUT2D eigenvalue weighted by Gasteiger charge is -2.17. The third-order valence-electron chi connectivity index (χ3n) is 4.07. The summed E-state index contributed by atoms with van der Waals surface area (Å²) in [6.07, 6.45) is 4.12. The molecular formula is C17H18N2OS. The molecule has 0 saturated heterocycles. The predicted molar refractivity (Wildman–Crippen MR) is 89.4 cm³/mol. The quantitative estimate of drug-likeness (QED) is 0.827. The molecule has 108 valence electrons. The first-order valence-corrected chi connectivity index (χ1v) is 8.31. The van der Waals surface area contributed by atoms with Crippen LogP contribution in [0, 0.1) is 6.92 Å². The second-order valence-electron chi connectivity index (χ2n) is 5.57. The molecule has 1 aromatic heterocycles. The summed E-state index contributed by atoms with van der Waals surface area (Å²) in [6.45, 7) is 6.26. The lowest BCUT2D eigenvalue weighted by molar-refractivity contribution is 0.613. The molecule has 21 heavy (non-hydrogen) atoms. The fourth-order valence-electron chi connectivity index (χ4n) is 3.05. The first kappa shape index (κ1) is 13.0. The Morgan fingerprint density at radius 2 is 2.29 bits per heavy atom. The van der Waals surface area contributed by atoms with Crippen LogP contribution in [0.3, 0.4) is 0 Å². The van der Waals surface area contributed by atoms with Gasteiger partial charge < -0.3 is 9.32 Å². The number of furan rings is 1. The molecule has 0 aliphatic carbocycles. The van der Waals surface area contributed by atoms with E-state index in [0.29, 0.717) is 0 Å². The highest BCUT2D eigenvalue weighted by molar-refractivity contribution is 8.17. The summed E-state index contributed by atoms with van der Waals surface area (Å²) >= 11 is 1.85. The van der Waals surface area contributed by atoms with Gasteiger partial charge in [-0.3, -0.25) is 4.99 Å². The summed E-state index contributed by atoms with van der Waals surface area (Å²) in [5.41, 5.74) is 4.82. The Morgan fingerprint density at radius 3 is 3.14 bits per heavy atom. The van der Waals surface area contributed by atoms with E-state index in [0.717, 1.165) is 25.1 Å². The number of hydrogen-bond acceptors (Lipinski definition) is 4. The topological polar surface area (TPSA) is 28.7 Å². The minimum absolute atomic E-state index is 0.915. The number of hydrogen-bond donors (Lipinski definition) is 0. The Labute approximate surface area is 128 Å². The van der Waals surface area contributed by atoms with E-state index in [1.54, 1.807) is 0 Å². The molecule has 4 heteroatoms. The molecule has 0 unspecified atom stereocenters. The molecule has 3 nitrogen and oxygen atoms in total. The lowest BCUT2D eigenvalue weighted by Crippen LogP contribution is -2.20. The Hall–Kier alpha value is -1.68. The molecule has 0 N–H and O–H groups in total. The van der Waals surface area contributed by atoms with Crippen LogP contribution in [0.2, 0.25) is 0 Å². The van der Waals surface area contributed by atoms with Crippen molar-refractivity contribution in [2.75, 3.05) is 13.1 Å². The van der Waals surface area contributed by atoms with E-state index >= 15 is 0 Å². The molecule has 2 aliphatic rings. The average molecular weight is 298 g/mol. The lowest BCUT2D eigenvalue weighted by atomic mass is 10.1. The zero-order valence-corrected chi connectivity index (χ0v) is 13.2. The maximum Gasteiger partial charge on any atom is 0.168 e. The molecule has 1 aromatic carbocycles. The normalized spacial score (nSPS) is 17.8. The molecule has 3 heterocycles. The van der Waals surface area contributed by atoms with Crippen molar-refractivity contribution in [2.45, 2.75) is 26.7 Å². The number of allylic oxidation sites excluding steroid dienone is 1. The van der Waals surface area contributed by atoms with Crippen molar-refractivity contribution in [3.8, 4) is 0 Å². The number of fused-ring (bicyclic) bond motifs is 2. The first-order valence-electron chi connectivity index (χ1n) is 7.49. The molecule has 0 radical (unpaired) electrons. The van der Waals surface area contributed by atoms with E-state index in [1.807, 2.05) is 18.0 Å². The Bertz CT molecular complexity index is 772. The Morgan fingerprint density at radius 1 is 1.38 bits per heavy atom. The minimum Gasteiger partial charge on any atom is -0.464 e. The van der Waals surface area contributed by atoms with Gasteiger partial charge in [0.15, 0.2) is 5.17 Å². The SMILES string of the molecule is CCCC1=C(c2ccc3occ(C)c3c2)N2CCN=C2S1. The standard InChI is InChI=1S/C17H18N2OS/c1-3-4-15-16(19-8-7-18-17(19)21-15)12-5-6-14-13(9-12)11(2)10-20-14/h5-6,9-10H,3-4,7-8H2,1-2H3. The summed E-state index contributed by atoms with van der Waals surface area (Å²) in [5, 5.41) is 2.39. The van der Waals surface area contributed by atoms with E-state index in [-0.39, 0.29) is 0 Å². The van der Waals surface area contributed by atoms with Gasteiger partial charge in [0, 0.05) is 16.8 Å².